The molecule has 0 spiro atoms. The van der Waals surface area contributed by atoms with Crippen LogP contribution in [0.15, 0.2) is 29.5 Å². The number of aryl methyl sites for hydroxylation is 2. The Morgan fingerprint density at radius 1 is 1.55 bits per heavy atom. The maximum absolute atomic E-state index is 12.1. The largest absolute Gasteiger partial charge is 0.496 e. The maximum Gasteiger partial charge on any atom is 0.275 e. The SMILES string of the molecule is CCn1cc(/C=N/NC(=O)c2cc(Cl)ccc2OC)c(C)n1. The highest BCUT2D eigenvalue weighted by Gasteiger charge is 2.12. The molecule has 1 heterocycles. The minimum absolute atomic E-state index is 0.327. The summed E-state index contributed by atoms with van der Waals surface area (Å²) in [5.74, 6) is 0.0446. The topological polar surface area (TPSA) is 68.5 Å². The molecule has 1 N–H and O–H groups in total. The van der Waals surface area contributed by atoms with Crippen molar-refractivity contribution in [1.82, 2.24) is 15.2 Å². The summed E-state index contributed by atoms with van der Waals surface area (Å²) in [6, 6.07) is 4.82. The number of hydrogen-bond donors (Lipinski definition) is 1. The number of ether oxygens (including phenoxy) is 1. The van der Waals surface area contributed by atoms with E-state index in [-0.39, 0.29) is 0 Å². The molecule has 0 unspecified atom stereocenters. The van der Waals surface area contributed by atoms with Crippen LogP contribution in [0.1, 0.15) is 28.5 Å². The summed E-state index contributed by atoms with van der Waals surface area (Å²) in [6.07, 6.45) is 3.42. The van der Waals surface area contributed by atoms with Crippen molar-refractivity contribution < 1.29 is 9.53 Å². The minimum atomic E-state index is -0.392. The lowest BCUT2D eigenvalue weighted by Gasteiger charge is -2.07. The Bertz CT molecular complexity index is 710. The molecule has 7 heteroatoms. The van der Waals surface area contributed by atoms with E-state index in [4.69, 9.17) is 16.3 Å². The van der Waals surface area contributed by atoms with Crippen molar-refractivity contribution >= 4 is 23.7 Å². The van der Waals surface area contributed by atoms with Crippen LogP contribution in [0.2, 0.25) is 5.02 Å². The van der Waals surface area contributed by atoms with Gasteiger partial charge in [-0.25, -0.2) is 5.43 Å². The van der Waals surface area contributed by atoms with Crippen LogP contribution >= 0.6 is 11.6 Å². The molecule has 0 aliphatic heterocycles. The molecule has 0 bridgehead atoms. The van der Waals surface area contributed by atoms with Gasteiger partial charge in [0.25, 0.3) is 5.91 Å². The number of carbonyl (C=O) groups excluding carboxylic acids is 1. The summed E-state index contributed by atoms with van der Waals surface area (Å²) in [7, 11) is 1.49. The van der Waals surface area contributed by atoms with Crippen LogP contribution in [0, 0.1) is 6.92 Å². The van der Waals surface area contributed by atoms with Crippen LogP contribution in [0.25, 0.3) is 0 Å². The van der Waals surface area contributed by atoms with E-state index in [1.807, 2.05) is 20.0 Å². The summed E-state index contributed by atoms with van der Waals surface area (Å²) in [4.78, 5) is 12.1. The molecular weight excluding hydrogens is 304 g/mol. The van der Waals surface area contributed by atoms with E-state index in [1.165, 1.54) is 13.2 Å². The van der Waals surface area contributed by atoms with Crippen molar-refractivity contribution in [1.29, 1.82) is 0 Å². The summed E-state index contributed by atoms with van der Waals surface area (Å²) < 4.78 is 6.94. The van der Waals surface area contributed by atoms with Gasteiger partial charge in [-0.1, -0.05) is 11.6 Å². The zero-order chi connectivity index (χ0) is 16.1. The molecule has 0 radical (unpaired) electrons. The zero-order valence-electron chi connectivity index (χ0n) is 12.6. The molecule has 0 aliphatic carbocycles. The molecule has 0 atom stereocenters. The number of hydrogen-bond acceptors (Lipinski definition) is 4. The minimum Gasteiger partial charge on any atom is -0.496 e. The Kier molecular flexibility index (Phi) is 5.16. The van der Waals surface area contributed by atoms with Crippen molar-refractivity contribution in [2.24, 2.45) is 5.10 Å². The second-order valence-electron chi connectivity index (χ2n) is 4.57. The average Bonchev–Trinajstić information content (AvgIpc) is 2.87. The molecule has 2 rings (SSSR count). The van der Waals surface area contributed by atoms with Crippen molar-refractivity contribution in [2.75, 3.05) is 7.11 Å². The number of methoxy groups -OCH3 is 1. The fraction of sp³-hybridized carbons (Fsp3) is 0.267. The highest BCUT2D eigenvalue weighted by atomic mass is 35.5. The van der Waals surface area contributed by atoms with Crippen LogP contribution in [-0.2, 0) is 6.54 Å². The lowest BCUT2D eigenvalue weighted by molar-refractivity contribution is 0.0952. The zero-order valence-corrected chi connectivity index (χ0v) is 13.4. The summed E-state index contributed by atoms with van der Waals surface area (Å²) in [6.45, 7) is 4.66. The number of rotatable bonds is 5. The molecule has 0 aliphatic rings. The standard InChI is InChI=1S/C15H17ClN4O2/c1-4-20-9-11(10(2)19-20)8-17-18-15(21)13-7-12(16)5-6-14(13)22-3/h5-9H,4H2,1-3H3,(H,18,21)/b17-8+. The van der Waals surface area contributed by atoms with Crippen molar-refractivity contribution in [3.63, 3.8) is 0 Å². The van der Waals surface area contributed by atoms with Gasteiger partial charge in [-0.05, 0) is 32.0 Å². The molecule has 1 aromatic carbocycles. The lowest BCUT2D eigenvalue weighted by atomic mass is 10.2. The van der Waals surface area contributed by atoms with Crippen LogP contribution in [0.3, 0.4) is 0 Å². The Hall–Kier alpha value is -2.34. The second-order valence-corrected chi connectivity index (χ2v) is 5.01. The van der Waals surface area contributed by atoms with Gasteiger partial charge in [0.1, 0.15) is 5.75 Å². The van der Waals surface area contributed by atoms with Crippen LogP contribution in [-0.4, -0.2) is 29.0 Å². The van der Waals surface area contributed by atoms with E-state index in [2.05, 4.69) is 15.6 Å². The van der Waals surface area contributed by atoms with Gasteiger partial charge in [0, 0.05) is 23.3 Å². The Morgan fingerprint density at radius 2 is 2.32 bits per heavy atom. The molecule has 1 amide bonds. The maximum atomic E-state index is 12.1. The van der Waals surface area contributed by atoms with Crippen LogP contribution < -0.4 is 10.2 Å². The smallest absolute Gasteiger partial charge is 0.275 e. The Morgan fingerprint density at radius 3 is 2.95 bits per heavy atom. The first kappa shape index (κ1) is 16.0. The van der Waals surface area contributed by atoms with Crippen molar-refractivity contribution in [3.8, 4) is 5.75 Å². The highest BCUT2D eigenvalue weighted by Crippen LogP contribution is 2.22. The summed E-state index contributed by atoms with van der Waals surface area (Å²) >= 11 is 5.90. The first-order valence-corrected chi connectivity index (χ1v) is 7.14. The number of halogens is 1. The number of amides is 1. The van der Waals surface area contributed by atoms with Gasteiger partial charge < -0.3 is 4.74 Å². The van der Waals surface area contributed by atoms with Crippen LogP contribution in [0.5, 0.6) is 5.75 Å². The Balaban J connectivity index is 2.11. The molecule has 22 heavy (non-hydrogen) atoms. The van der Waals surface area contributed by atoms with Crippen molar-refractivity contribution in [2.45, 2.75) is 20.4 Å². The van der Waals surface area contributed by atoms with Gasteiger partial charge in [0.2, 0.25) is 0 Å². The molecule has 0 fully saturated rings. The average molecular weight is 321 g/mol. The number of hydrazone groups is 1. The predicted octanol–water partition coefficient (Wildman–Crippen LogP) is 2.64. The van der Waals surface area contributed by atoms with E-state index >= 15 is 0 Å². The van der Waals surface area contributed by atoms with Gasteiger partial charge in [0.15, 0.2) is 0 Å². The van der Waals surface area contributed by atoms with Gasteiger partial charge >= 0.3 is 0 Å². The van der Waals surface area contributed by atoms with E-state index in [9.17, 15) is 4.79 Å². The predicted molar refractivity (Wildman–Crippen MR) is 85.7 cm³/mol. The first-order valence-electron chi connectivity index (χ1n) is 6.76. The van der Waals surface area contributed by atoms with Gasteiger partial charge in [-0.3, -0.25) is 9.48 Å². The van der Waals surface area contributed by atoms with Gasteiger partial charge in [-0.15, -0.1) is 0 Å². The van der Waals surface area contributed by atoms with Crippen molar-refractivity contribution in [3.05, 3.63) is 46.2 Å². The normalized spacial score (nSPS) is 10.9. The molecule has 2 aromatic rings. The van der Waals surface area contributed by atoms with E-state index in [0.717, 1.165) is 17.8 Å². The molecule has 6 nitrogen and oxygen atoms in total. The van der Waals surface area contributed by atoms with Crippen LogP contribution in [0.4, 0.5) is 0 Å². The third-order valence-electron chi connectivity index (χ3n) is 3.08. The summed E-state index contributed by atoms with van der Waals surface area (Å²) in [5.41, 5.74) is 4.48. The number of nitrogens with zero attached hydrogens (tertiary/aromatic N) is 3. The molecule has 1 aromatic heterocycles. The number of aromatic nitrogens is 2. The van der Waals surface area contributed by atoms with E-state index in [1.54, 1.807) is 23.0 Å². The molecular formula is C15H17ClN4O2. The molecule has 0 saturated carbocycles. The van der Waals surface area contributed by atoms with E-state index < -0.39 is 5.91 Å². The van der Waals surface area contributed by atoms with Gasteiger partial charge in [-0.2, -0.15) is 10.2 Å². The molecule has 0 saturated heterocycles. The lowest BCUT2D eigenvalue weighted by Crippen LogP contribution is -2.18. The highest BCUT2D eigenvalue weighted by molar-refractivity contribution is 6.31. The fourth-order valence-corrected chi connectivity index (χ4v) is 2.07. The monoisotopic (exact) mass is 320 g/mol. The fourth-order valence-electron chi connectivity index (χ4n) is 1.90. The summed E-state index contributed by atoms with van der Waals surface area (Å²) in [5, 5.41) is 8.71. The number of carbonyl (C=O) groups is 1. The first-order chi connectivity index (χ1) is 10.5. The van der Waals surface area contributed by atoms with Gasteiger partial charge in [0.05, 0.1) is 24.6 Å². The quantitative estimate of drug-likeness (QED) is 0.680. The molecule has 116 valence electrons. The van der Waals surface area contributed by atoms with E-state index in [0.29, 0.717) is 16.3 Å². The number of benzene rings is 1. The third-order valence-corrected chi connectivity index (χ3v) is 3.32. The second kappa shape index (κ2) is 7.09. The number of nitrogens with one attached hydrogen (secondary N) is 1. The Labute approximate surface area is 133 Å². The third kappa shape index (κ3) is 3.65.